The highest BCUT2D eigenvalue weighted by Gasteiger charge is 2.25. The van der Waals surface area contributed by atoms with Gasteiger partial charge >= 0.3 is 0 Å². The van der Waals surface area contributed by atoms with Gasteiger partial charge in [0.2, 0.25) is 0 Å². The molecule has 0 spiro atoms. The SMILES string of the molecule is Cc1cc(C)cc(C(C)N2CCC(C(C)N)CC2)c1. The first-order valence-corrected chi connectivity index (χ1v) is 7.55. The highest BCUT2D eigenvalue weighted by Crippen LogP contribution is 2.28. The number of nitrogens with two attached hydrogens (primary N) is 1. The number of likely N-dealkylation sites (tertiary alicyclic amines) is 1. The lowest BCUT2D eigenvalue weighted by Gasteiger charge is -2.37. The van der Waals surface area contributed by atoms with Gasteiger partial charge < -0.3 is 5.73 Å². The van der Waals surface area contributed by atoms with Gasteiger partial charge in [-0.25, -0.2) is 0 Å². The monoisotopic (exact) mass is 260 g/mol. The first-order chi connectivity index (χ1) is 8.97. The summed E-state index contributed by atoms with van der Waals surface area (Å²) in [5.74, 6) is 0.711. The van der Waals surface area contributed by atoms with Gasteiger partial charge in [0.25, 0.3) is 0 Å². The predicted molar refractivity (Wildman–Crippen MR) is 82.3 cm³/mol. The van der Waals surface area contributed by atoms with Gasteiger partial charge in [0, 0.05) is 12.1 Å². The Hall–Kier alpha value is -0.860. The summed E-state index contributed by atoms with van der Waals surface area (Å²) in [4.78, 5) is 2.60. The topological polar surface area (TPSA) is 29.3 Å². The molecule has 2 heteroatoms. The second-order valence-corrected chi connectivity index (χ2v) is 6.33. The Morgan fingerprint density at radius 1 is 1.05 bits per heavy atom. The molecule has 0 bridgehead atoms. The minimum Gasteiger partial charge on any atom is -0.328 e. The zero-order valence-electron chi connectivity index (χ0n) is 12.8. The van der Waals surface area contributed by atoms with E-state index in [0.29, 0.717) is 18.0 Å². The largest absolute Gasteiger partial charge is 0.328 e. The third-order valence-corrected chi connectivity index (χ3v) is 4.59. The van der Waals surface area contributed by atoms with Gasteiger partial charge in [-0.05, 0) is 65.1 Å². The summed E-state index contributed by atoms with van der Waals surface area (Å²) in [6.07, 6.45) is 2.49. The number of aryl methyl sites for hydroxylation is 2. The van der Waals surface area contributed by atoms with Gasteiger partial charge in [-0.3, -0.25) is 4.90 Å². The third kappa shape index (κ3) is 3.58. The minimum absolute atomic E-state index is 0.346. The van der Waals surface area contributed by atoms with Crippen molar-refractivity contribution in [3.05, 3.63) is 34.9 Å². The summed E-state index contributed by atoms with van der Waals surface area (Å²) >= 11 is 0. The van der Waals surface area contributed by atoms with Crippen LogP contribution in [0, 0.1) is 19.8 Å². The van der Waals surface area contributed by atoms with Gasteiger partial charge in [-0.15, -0.1) is 0 Å². The van der Waals surface area contributed by atoms with Crippen molar-refractivity contribution in [1.29, 1.82) is 0 Å². The van der Waals surface area contributed by atoms with Gasteiger partial charge in [-0.2, -0.15) is 0 Å². The van der Waals surface area contributed by atoms with Crippen molar-refractivity contribution in [2.75, 3.05) is 13.1 Å². The molecule has 0 amide bonds. The standard InChI is InChI=1S/C17H28N2/c1-12-9-13(2)11-17(10-12)15(4)19-7-5-16(6-8-19)14(3)18/h9-11,14-16H,5-8,18H2,1-4H3. The van der Waals surface area contributed by atoms with Crippen LogP contribution in [0.3, 0.4) is 0 Å². The fourth-order valence-electron chi connectivity index (χ4n) is 3.29. The lowest BCUT2D eigenvalue weighted by Crippen LogP contribution is -2.40. The van der Waals surface area contributed by atoms with Crippen LogP contribution in [0.15, 0.2) is 18.2 Å². The van der Waals surface area contributed by atoms with Crippen molar-refractivity contribution in [1.82, 2.24) is 4.90 Å². The van der Waals surface area contributed by atoms with E-state index < -0.39 is 0 Å². The number of piperidine rings is 1. The molecule has 1 aromatic rings. The molecule has 19 heavy (non-hydrogen) atoms. The molecule has 106 valence electrons. The molecule has 1 aromatic carbocycles. The molecule has 2 unspecified atom stereocenters. The van der Waals surface area contributed by atoms with E-state index in [1.54, 1.807) is 0 Å². The number of rotatable bonds is 3. The fraction of sp³-hybridized carbons (Fsp3) is 0.647. The number of benzene rings is 1. The van der Waals surface area contributed by atoms with E-state index in [1.807, 2.05) is 0 Å². The van der Waals surface area contributed by atoms with E-state index in [9.17, 15) is 0 Å². The van der Waals surface area contributed by atoms with Gasteiger partial charge in [0.05, 0.1) is 0 Å². The van der Waals surface area contributed by atoms with Crippen LogP contribution in [0.2, 0.25) is 0 Å². The highest BCUT2D eigenvalue weighted by molar-refractivity contribution is 5.30. The quantitative estimate of drug-likeness (QED) is 0.902. The molecule has 2 atom stereocenters. The molecule has 1 fully saturated rings. The molecule has 0 aliphatic carbocycles. The Morgan fingerprint density at radius 3 is 2.05 bits per heavy atom. The van der Waals surface area contributed by atoms with Crippen LogP contribution in [0.5, 0.6) is 0 Å². The average molecular weight is 260 g/mol. The first kappa shape index (κ1) is 14.5. The zero-order chi connectivity index (χ0) is 14.0. The third-order valence-electron chi connectivity index (χ3n) is 4.59. The maximum atomic E-state index is 6.02. The van der Waals surface area contributed by atoms with Crippen molar-refractivity contribution in [2.45, 2.75) is 52.6 Å². The van der Waals surface area contributed by atoms with E-state index in [-0.39, 0.29) is 0 Å². The van der Waals surface area contributed by atoms with Crippen LogP contribution >= 0.6 is 0 Å². The van der Waals surface area contributed by atoms with E-state index in [2.05, 4.69) is 50.8 Å². The molecule has 2 nitrogen and oxygen atoms in total. The molecular weight excluding hydrogens is 232 g/mol. The molecule has 1 aliphatic rings. The first-order valence-electron chi connectivity index (χ1n) is 7.55. The van der Waals surface area contributed by atoms with E-state index in [4.69, 9.17) is 5.73 Å². The van der Waals surface area contributed by atoms with Crippen LogP contribution in [0.4, 0.5) is 0 Å². The van der Waals surface area contributed by atoms with E-state index >= 15 is 0 Å². The molecule has 0 aromatic heterocycles. The van der Waals surface area contributed by atoms with Crippen molar-refractivity contribution >= 4 is 0 Å². The summed E-state index contributed by atoms with van der Waals surface area (Å²) in [6.45, 7) is 11.2. The maximum Gasteiger partial charge on any atom is 0.0320 e. The molecular formula is C17H28N2. The fourth-order valence-corrected chi connectivity index (χ4v) is 3.29. The maximum absolute atomic E-state index is 6.02. The van der Waals surface area contributed by atoms with Crippen molar-refractivity contribution in [3.8, 4) is 0 Å². The highest BCUT2D eigenvalue weighted by atomic mass is 15.2. The Balaban J connectivity index is 2.02. The van der Waals surface area contributed by atoms with Gasteiger partial charge in [0.1, 0.15) is 0 Å². The molecule has 2 N–H and O–H groups in total. The van der Waals surface area contributed by atoms with Gasteiger partial charge in [0.15, 0.2) is 0 Å². The average Bonchev–Trinajstić information content (AvgIpc) is 2.37. The number of hydrogen-bond acceptors (Lipinski definition) is 2. The van der Waals surface area contributed by atoms with Crippen LogP contribution in [0.25, 0.3) is 0 Å². The summed E-state index contributed by atoms with van der Waals surface area (Å²) in [5.41, 5.74) is 10.2. The lowest BCUT2D eigenvalue weighted by atomic mass is 9.89. The normalized spacial score (nSPS) is 21.3. The Kier molecular flexibility index (Phi) is 4.64. The molecule has 2 rings (SSSR count). The van der Waals surface area contributed by atoms with Crippen molar-refractivity contribution in [3.63, 3.8) is 0 Å². The molecule has 0 radical (unpaired) electrons. The van der Waals surface area contributed by atoms with Crippen LogP contribution in [0.1, 0.15) is 49.4 Å². The molecule has 1 heterocycles. The van der Waals surface area contributed by atoms with Gasteiger partial charge in [-0.1, -0.05) is 29.3 Å². The van der Waals surface area contributed by atoms with Crippen LogP contribution < -0.4 is 5.73 Å². The van der Waals surface area contributed by atoms with Crippen LogP contribution in [-0.4, -0.2) is 24.0 Å². The smallest absolute Gasteiger partial charge is 0.0320 e. The molecule has 0 saturated carbocycles. The second kappa shape index (κ2) is 6.06. The van der Waals surface area contributed by atoms with Crippen LogP contribution in [-0.2, 0) is 0 Å². The Labute approximate surface area is 118 Å². The van der Waals surface area contributed by atoms with E-state index in [1.165, 1.54) is 42.6 Å². The summed E-state index contributed by atoms with van der Waals surface area (Å²) < 4.78 is 0. The summed E-state index contributed by atoms with van der Waals surface area (Å²) in [6, 6.07) is 7.77. The van der Waals surface area contributed by atoms with Crippen molar-refractivity contribution in [2.24, 2.45) is 11.7 Å². The second-order valence-electron chi connectivity index (χ2n) is 6.33. The number of hydrogen-bond donors (Lipinski definition) is 1. The summed E-state index contributed by atoms with van der Waals surface area (Å²) in [5, 5.41) is 0. The lowest BCUT2D eigenvalue weighted by molar-refractivity contribution is 0.132. The predicted octanol–water partition coefficient (Wildman–Crippen LogP) is 3.42. The molecule has 1 aliphatic heterocycles. The Morgan fingerprint density at radius 2 is 1.58 bits per heavy atom. The number of nitrogens with zero attached hydrogens (tertiary/aromatic N) is 1. The zero-order valence-corrected chi connectivity index (χ0v) is 12.8. The molecule has 1 saturated heterocycles. The summed E-state index contributed by atoms with van der Waals surface area (Å²) in [7, 11) is 0. The minimum atomic E-state index is 0.346. The van der Waals surface area contributed by atoms with Crippen molar-refractivity contribution < 1.29 is 0 Å². The van der Waals surface area contributed by atoms with E-state index in [0.717, 1.165) is 0 Å². The Bertz CT molecular complexity index is 397.